The van der Waals surface area contributed by atoms with Crippen LogP contribution in [0.2, 0.25) is 0 Å². The van der Waals surface area contributed by atoms with Gasteiger partial charge in [-0.25, -0.2) is 4.98 Å². The van der Waals surface area contributed by atoms with E-state index in [4.69, 9.17) is 4.74 Å². The zero-order valence-electron chi connectivity index (χ0n) is 19.1. The number of nitrogens with one attached hydrogen (secondary N) is 1. The van der Waals surface area contributed by atoms with Gasteiger partial charge in [-0.15, -0.1) is 0 Å². The van der Waals surface area contributed by atoms with E-state index in [0.717, 1.165) is 12.1 Å². The Morgan fingerprint density at radius 2 is 1.92 bits per heavy atom. The minimum atomic E-state index is -4.57. The van der Waals surface area contributed by atoms with Crippen LogP contribution in [0.25, 0.3) is 11.0 Å². The van der Waals surface area contributed by atoms with Gasteiger partial charge in [0.25, 0.3) is 11.8 Å². The number of carbonyl (C=O) groups is 2. The predicted octanol–water partition coefficient (Wildman–Crippen LogP) is 3.75. The van der Waals surface area contributed by atoms with Crippen molar-refractivity contribution in [1.29, 1.82) is 0 Å². The first-order valence-electron chi connectivity index (χ1n) is 11.4. The molecule has 0 spiro atoms. The summed E-state index contributed by atoms with van der Waals surface area (Å²) in [6, 6.07) is 9.45. The topological polar surface area (TPSA) is 93.5 Å². The van der Waals surface area contributed by atoms with Crippen LogP contribution >= 0.6 is 0 Å². The zero-order chi connectivity index (χ0) is 25.4. The van der Waals surface area contributed by atoms with Gasteiger partial charge in [-0.05, 0) is 49.2 Å². The summed E-state index contributed by atoms with van der Waals surface area (Å²) in [7, 11) is -0.909. The van der Waals surface area contributed by atoms with Gasteiger partial charge in [0, 0.05) is 46.1 Å². The van der Waals surface area contributed by atoms with Gasteiger partial charge < -0.3 is 14.2 Å². The Labute approximate surface area is 206 Å². The highest BCUT2D eigenvalue weighted by Gasteiger charge is 2.31. The Morgan fingerprint density at radius 3 is 2.64 bits per heavy atom. The van der Waals surface area contributed by atoms with Crippen LogP contribution in [0.3, 0.4) is 0 Å². The fourth-order valence-corrected chi connectivity index (χ4v) is 5.83. The van der Waals surface area contributed by atoms with E-state index in [1.54, 1.807) is 17.0 Å². The molecule has 2 aliphatic rings. The number of aromatic nitrogens is 2. The number of amides is 2. The quantitative estimate of drug-likeness (QED) is 0.566. The fourth-order valence-electron chi connectivity index (χ4n) is 4.55. The van der Waals surface area contributed by atoms with Crippen LogP contribution in [-0.4, -0.2) is 56.8 Å². The van der Waals surface area contributed by atoms with Crippen LogP contribution in [0.1, 0.15) is 34.8 Å². The second-order valence-electron chi connectivity index (χ2n) is 8.69. The fraction of sp³-hybridized carbons (Fsp3) is 0.375. The lowest BCUT2D eigenvalue weighted by molar-refractivity contribution is -0.137. The van der Waals surface area contributed by atoms with Crippen molar-refractivity contribution in [2.24, 2.45) is 0 Å². The SMILES string of the molecule is O=C(Nc1nc2cc(N3CCOCC3=O)ccc2n1C1CCS(=O)CC1)c1cccc(C(F)(F)F)c1. The van der Waals surface area contributed by atoms with E-state index in [-0.39, 0.29) is 30.1 Å². The van der Waals surface area contributed by atoms with Crippen LogP contribution in [-0.2, 0) is 26.5 Å². The van der Waals surface area contributed by atoms with E-state index >= 15 is 0 Å². The molecule has 190 valence electrons. The van der Waals surface area contributed by atoms with E-state index in [1.165, 1.54) is 12.1 Å². The molecule has 8 nitrogen and oxygen atoms in total. The van der Waals surface area contributed by atoms with Crippen molar-refractivity contribution in [1.82, 2.24) is 9.55 Å². The third-order valence-corrected chi connectivity index (χ3v) is 7.75. The number of anilines is 2. The van der Waals surface area contributed by atoms with Crippen molar-refractivity contribution in [3.8, 4) is 0 Å². The Hall–Kier alpha value is -3.25. The monoisotopic (exact) mass is 520 g/mol. The van der Waals surface area contributed by atoms with Crippen molar-refractivity contribution < 1.29 is 31.7 Å². The molecule has 0 radical (unpaired) electrons. The molecule has 0 bridgehead atoms. The molecule has 0 unspecified atom stereocenters. The lowest BCUT2D eigenvalue weighted by atomic mass is 10.1. The van der Waals surface area contributed by atoms with Gasteiger partial charge in [-0.1, -0.05) is 6.07 Å². The molecule has 2 aromatic carbocycles. The lowest BCUT2D eigenvalue weighted by Gasteiger charge is -2.27. The van der Waals surface area contributed by atoms with Crippen LogP contribution < -0.4 is 10.2 Å². The average Bonchev–Trinajstić information content (AvgIpc) is 3.21. The number of hydrogen-bond acceptors (Lipinski definition) is 5. The van der Waals surface area contributed by atoms with E-state index in [1.807, 2.05) is 10.6 Å². The van der Waals surface area contributed by atoms with Gasteiger partial charge in [0.15, 0.2) is 0 Å². The van der Waals surface area contributed by atoms with Gasteiger partial charge in [-0.2, -0.15) is 13.2 Å². The molecule has 1 aromatic heterocycles. The molecule has 5 rings (SSSR count). The van der Waals surface area contributed by atoms with Crippen LogP contribution in [0, 0.1) is 0 Å². The molecule has 2 amide bonds. The van der Waals surface area contributed by atoms with Gasteiger partial charge in [0.05, 0.1) is 23.2 Å². The summed E-state index contributed by atoms with van der Waals surface area (Å²) < 4.78 is 58.4. The first kappa shape index (κ1) is 24.4. The van der Waals surface area contributed by atoms with Gasteiger partial charge in [0.1, 0.15) is 6.61 Å². The number of nitrogens with zero attached hydrogens (tertiary/aromatic N) is 3. The minimum Gasteiger partial charge on any atom is -0.370 e. The standard InChI is InChI=1S/C24H23F3N4O4S/c25-24(26,27)16-3-1-2-15(12-16)22(33)29-23-28-19-13-18(30-8-9-35-14-21(30)32)4-5-20(19)31(23)17-6-10-36(34)11-7-17/h1-5,12-13,17H,6-11,14H2,(H,28,29,33). The molecule has 3 heterocycles. The molecule has 0 atom stereocenters. The molecule has 3 aromatic rings. The van der Waals surface area contributed by atoms with Crippen molar-refractivity contribution in [2.75, 3.05) is 41.5 Å². The van der Waals surface area contributed by atoms with Crippen molar-refractivity contribution in [2.45, 2.75) is 25.1 Å². The highest BCUT2D eigenvalue weighted by molar-refractivity contribution is 7.85. The first-order valence-corrected chi connectivity index (χ1v) is 12.9. The summed E-state index contributed by atoms with van der Waals surface area (Å²) in [6.07, 6.45) is -3.36. The summed E-state index contributed by atoms with van der Waals surface area (Å²) >= 11 is 0. The molecular formula is C24H23F3N4O4S. The van der Waals surface area contributed by atoms with Crippen molar-refractivity contribution in [3.63, 3.8) is 0 Å². The van der Waals surface area contributed by atoms with E-state index in [0.29, 0.717) is 54.2 Å². The molecule has 36 heavy (non-hydrogen) atoms. The summed E-state index contributed by atoms with van der Waals surface area (Å²) in [5.41, 5.74) is 0.807. The molecule has 0 saturated carbocycles. The van der Waals surface area contributed by atoms with E-state index in [2.05, 4.69) is 10.3 Å². The molecular weight excluding hydrogens is 497 g/mol. The van der Waals surface area contributed by atoms with Crippen LogP contribution in [0.15, 0.2) is 42.5 Å². The average molecular weight is 521 g/mol. The molecule has 1 N–H and O–H groups in total. The normalized spacial score (nSPS) is 21.1. The first-order chi connectivity index (χ1) is 17.2. The number of fused-ring (bicyclic) bond motifs is 1. The number of alkyl halides is 3. The molecule has 2 fully saturated rings. The minimum absolute atomic E-state index is 0.00993. The van der Waals surface area contributed by atoms with Gasteiger partial charge >= 0.3 is 6.18 Å². The number of carbonyl (C=O) groups excluding carboxylic acids is 2. The van der Waals surface area contributed by atoms with Gasteiger partial charge in [0.2, 0.25) is 5.95 Å². The molecule has 0 aliphatic carbocycles. The maximum Gasteiger partial charge on any atom is 0.416 e. The number of ether oxygens (including phenoxy) is 1. The highest BCUT2D eigenvalue weighted by Crippen LogP contribution is 2.34. The van der Waals surface area contributed by atoms with Crippen molar-refractivity contribution in [3.05, 3.63) is 53.6 Å². The Morgan fingerprint density at radius 1 is 1.14 bits per heavy atom. The molecule has 12 heteroatoms. The summed E-state index contributed by atoms with van der Waals surface area (Å²) in [4.78, 5) is 31.4. The largest absolute Gasteiger partial charge is 0.416 e. The second kappa shape index (κ2) is 9.66. The van der Waals surface area contributed by atoms with Crippen LogP contribution in [0.4, 0.5) is 24.8 Å². The molecule has 2 aliphatic heterocycles. The zero-order valence-corrected chi connectivity index (χ0v) is 19.9. The Balaban J connectivity index is 1.52. The van der Waals surface area contributed by atoms with Crippen molar-refractivity contribution >= 4 is 45.3 Å². The Kier molecular flexibility index (Phi) is 6.56. The predicted molar refractivity (Wildman–Crippen MR) is 128 cm³/mol. The Bertz CT molecular complexity index is 1350. The third kappa shape index (κ3) is 4.87. The van der Waals surface area contributed by atoms with Crippen LogP contribution in [0.5, 0.6) is 0 Å². The summed E-state index contributed by atoms with van der Waals surface area (Å²) in [5, 5.41) is 2.68. The second-order valence-corrected chi connectivity index (χ2v) is 10.4. The van der Waals surface area contributed by atoms with E-state index in [9.17, 15) is 27.0 Å². The van der Waals surface area contributed by atoms with E-state index < -0.39 is 28.4 Å². The number of benzene rings is 2. The maximum absolute atomic E-state index is 13.1. The molecule has 2 saturated heterocycles. The number of halogens is 3. The summed E-state index contributed by atoms with van der Waals surface area (Å²) in [6.45, 7) is 0.804. The number of hydrogen-bond donors (Lipinski definition) is 1. The maximum atomic E-state index is 13.1. The van der Waals surface area contributed by atoms with Gasteiger partial charge in [-0.3, -0.25) is 19.1 Å². The smallest absolute Gasteiger partial charge is 0.370 e. The third-order valence-electron chi connectivity index (χ3n) is 6.37. The lowest BCUT2D eigenvalue weighted by Crippen LogP contribution is -2.41. The number of morpholine rings is 1. The summed E-state index contributed by atoms with van der Waals surface area (Å²) in [5.74, 6) is 0.307. The number of rotatable bonds is 4. The number of imidazole rings is 1. The highest BCUT2D eigenvalue weighted by atomic mass is 32.2.